The summed E-state index contributed by atoms with van der Waals surface area (Å²) in [5.74, 6) is 0.516. The number of urea groups is 1. The van der Waals surface area contributed by atoms with Crippen LogP contribution in [0.25, 0.3) is 0 Å². The summed E-state index contributed by atoms with van der Waals surface area (Å²) in [4.78, 5) is 26.8. The molecule has 4 rings (SSSR count). The number of aromatic nitrogens is 4. The molecular formula is C23H33N7O3. The Morgan fingerprint density at radius 3 is 2.39 bits per heavy atom. The number of hydrogen-bond donors (Lipinski definition) is 2. The van der Waals surface area contributed by atoms with E-state index in [0.29, 0.717) is 29.9 Å². The molecule has 1 aromatic carbocycles. The minimum atomic E-state index is -0.368. The second-order valence-corrected chi connectivity index (χ2v) is 9.80. The number of amides is 2. The number of fused-ring (bicyclic) bond motifs is 2. The second-order valence-electron chi connectivity index (χ2n) is 9.80. The van der Waals surface area contributed by atoms with Gasteiger partial charge in [-0.15, -0.1) is 5.10 Å². The molecule has 2 aliphatic heterocycles. The molecule has 2 N–H and O–H groups in total. The predicted octanol–water partition coefficient (Wildman–Crippen LogP) is 2.92. The molecule has 10 nitrogen and oxygen atoms in total. The molecule has 2 aromatic rings. The number of carbonyl (C=O) groups is 2. The monoisotopic (exact) mass is 455 g/mol. The lowest BCUT2D eigenvalue weighted by molar-refractivity contribution is 0.0526. The highest BCUT2D eigenvalue weighted by Gasteiger charge is 2.42. The number of tetrazole rings is 1. The van der Waals surface area contributed by atoms with Crippen LogP contribution in [-0.4, -0.2) is 61.8 Å². The largest absolute Gasteiger partial charge is 0.462 e. The maximum Gasteiger partial charge on any atom is 0.338 e. The number of piperidine rings is 1. The Balaban J connectivity index is 1.31. The van der Waals surface area contributed by atoms with Crippen molar-refractivity contribution in [2.75, 3.05) is 11.9 Å². The van der Waals surface area contributed by atoms with Gasteiger partial charge in [-0.3, -0.25) is 4.90 Å². The molecule has 10 heteroatoms. The summed E-state index contributed by atoms with van der Waals surface area (Å²) in [5, 5.41) is 18.3. The standard InChI is InChI=1S/C23H33N7O3/c1-5-33-21(31)15-6-8-16(9-7-15)24-22(32)25-17-12-18-10-11-19(13-17)29(18)14-20-26-27-28-30(20)23(2,3)4/h6-9,17-19H,5,10-14H2,1-4H3,(H2,24,25,32)/t18-,19-/m0/s1. The fraction of sp³-hybridized carbons (Fsp3) is 0.609. The average Bonchev–Trinajstić information content (AvgIpc) is 3.31. The van der Waals surface area contributed by atoms with Crippen molar-refractivity contribution in [1.82, 2.24) is 30.4 Å². The topological polar surface area (TPSA) is 114 Å². The molecule has 0 aliphatic carbocycles. The van der Waals surface area contributed by atoms with Crippen LogP contribution in [0.1, 0.15) is 69.6 Å². The van der Waals surface area contributed by atoms with Crippen LogP contribution in [-0.2, 0) is 16.8 Å². The molecule has 1 aromatic heterocycles. The quantitative estimate of drug-likeness (QED) is 0.644. The van der Waals surface area contributed by atoms with Crippen LogP contribution in [0.15, 0.2) is 24.3 Å². The molecular weight excluding hydrogens is 422 g/mol. The molecule has 178 valence electrons. The zero-order chi connectivity index (χ0) is 23.6. The van der Waals surface area contributed by atoms with Crippen LogP contribution in [0.4, 0.5) is 10.5 Å². The zero-order valence-electron chi connectivity index (χ0n) is 19.7. The van der Waals surface area contributed by atoms with Gasteiger partial charge in [0, 0.05) is 23.8 Å². The third-order valence-corrected chi connectivity index (χ3v) is 6.37. The van der Waals surface area contributed by atoms with Gasteiger partial charge in [0.2, 0.25) is 0 Å². The summed E-state index contributed by atoms with van der Waals surface area (Å²) >= 11 is 0. The summed E-state index contributed by atoms with van der Waals surface area (Å²) in [6.45, 7) is 9.12. The van der Waals surface area contributed by atoms with E-state index in [9.17, 15) is 9.59 Å². The van der Waals surface area contributed by atoms with E-state index in [0.717, 1.165) is 38.1 Å². The highest BCUT2D eigenvalue weighted by atomic mass is 16.5. The minimum absolute atomic E-state index is 0.121. The number of nitrogens with zero attached hydrogens (tertiary/aromatic N) is 5. The van der Waals surface area contributed by atoms with Crippen molar-refractivity contribution in [3.8, 4) is 0 Å². The first kappa shape index (κ1) is 23.2. The summed E-state index contributed by atoms with van der Waals surface area (Å²) in [6.07, 6.45) is 4.05. The predicted molar refractivity (Wildman–Crippen MR) is 123 cm³/mol. The summed E-state index contributed by atoms with van der Waals surface area (Å²) in [6, 6.07) is 7.42. The van der Waals surface area contributed by atoms with Gasteiger partial charge >= 0.3 is 12.0 Å². The molecule has 3 heterocycles. The Hall–Kier alpha value is -3.01. The van der Waals surface area contributed by atoms with Gasteiger partial charge in [-0.1, -0.05) is 0 Å². The number of ether oxygens (including phenoxy) is 1. The van der Waals surface area contributed by atoms with Gasteiger partial charge in [-0.2, -0.15) is 0 Å². The van der Waals surface area contributed by atoms with Gasteiger partial charge in [0.1, 0.15) is 0 Å². The van der Waals surface area contributed by atoms with Crippen molar-refractivity contribution in [1.29, 1.82) is 0 Å². The van der Waals surface area contributed by atoms with E-state index >= 15 is 0 Å². The number of rotatable bonds is 6. The molecule has 2 saturated heterocycles. The fourth-order valence-electron chi connectivity index (χ4n) is 4.90. The van der Waals surface area contributed by atoms with E-state index in [1.54, 1.807) is 31.2 Å². The normalized spacial score (nSPS) is 22.7. The molecule has 2 amide bonds. The lowest BCUT2D eigenvalue weighted by Crippen LogP contribution is -2.51. The van der Waals surface area contributed by atoms with Crippen molar-refractivity contribution >= 4 is 17.7 Å². The number of esters is 1. The SMILES string of the molecule is CCOC(=O)c1ccc(NC(=O)NC2C[C@@H]3CC[C@@H](C2)N3Cc2nnnn2C(C)(C)C)cc1. The zero-order valence-corrected chi connectivity index (χ0v) is 19.7. The van der Waals surface area contributed by atoms with Crippen molar-refractivity contribution in [3.63, 3.8) is 0 Å². The second kappa shape index (κ2) is 9.46. The first-order chi connectivity index (χ1) is 15.7. The molecule has 0 unspecified atom stereocenters. The van der Waals surface area contributed by atoms with Gasteiger partial charge in [-0.05, 0) is 88.1 Å². The Labute approximate surface area is 194 Å². The van der Waals surface area contributed by atoms with Crippen LogP contribution in [0.5, 0.6) is 0 Å². The first-order valence-corrected chi connectivity index (χ1v) is 11.6. The Morgan fingerprint density at radius 1 is 1.12 bits per heavy atom. The Kier molecular flexibility index (Phi) is 6.64. The first-order valence-electron chi connectivity index (χ1n) is 11.6. The lowest BCUT2D eigenvalue weighted by Gasteiger charge is -2.39. The van der Waals surface area contributed by atoms with Crippen LogP contribution in [0, 0.1) is 0 Å². The molecule has 0 radical (unpaired) electrons. The molecule has 2 bridgehead atoms. The van der Waals surface area contributed by atoms with Crippen molar-refractivity contribution < 1.29 is 14.3 Å². The minimum Gasteiger partial charge on any atom is -0.462 e. The number of hydrogen-bond acceptors (Lipinski definition) is 7. The van der Waals surface area contributed by atoms with E-state index in [2.05, 4.69) is 51.8 Å². The van der Waals surface area contributed by atoms with Gasteiger partial charge < -0.3 is 15.4 Å². The molecule has 0 saturated carbocycles. The van der Waals surface area contributed by atoms with Gasteiger partial charge in [-0.25, -0.2) is 14.3 Å². The van der Waals surface area contributed by atoms with Crippen LogP contribution in [0.3, 0.4) is 0 Å². The van der Waals surface area contributed by atoms with Crippen molar-refractivity contribution in [3.05, 3.63) is 35.7 Å². The summed E-state index contributed by atoms with van der Waals surface area (Å²) in [5.41, 5.74) is 0.934. The van der Waals surface area contributed by atoms with Crippen LogP contribution >= 0.6 is 0 Å². The third-order valence-electron chi connectivity index (χ3n) is 6.37. The number of benzene rings is 1. The number of nitrogens with one attached hydrogen (secondary N) is 2. The van der Waals surface area contributed by atoms with E-state index in [4.69, 9.17) is 4.74 Å². The highest BCUT2D eigenvalue weighted by molar-refractivity contribution is 5.92. The molecule has 2 fully saturated rings. The fourth-order valence-corrected chi connectivity index (χ4v) is 4.90. The van der Waals surface area contributed by atoms with Crippen LogP contribution in [0.2, 0.25) is 0 Å². The maximum atomic E-state index is 12.6. The Morgan fingerprint density at radius 2 is 1.79 bits per heavy atom. The summed E-state index contributed by atoms with van der Waals surface area (Å²) in [7, 11) is 0. The van der Waals surface area contributed by atoms with E-state index in [1.807, 2.05) is 4.68 Å². The van der Waals surface area contributed by atoms with Crippen LogP contribution < -0.4 is 10.6 Å². The van der Waals surface area contributed by atoms with Gasteiger partial charge in [0.15, 0.2) is 5.82 Å². The molecule has 33 heavy (non-hydrogen) atoms. The van der Waals surface area contributed by atoms with E-state index < -0.39 is 0 Å². The van der Waals surface area contributed by atoms with Crippen molar-refractivity contribution in [2.24, 2.45) is 0 Å². The highest BCUT2D eigenvalue weighted by Crippen LogP contribution is 2.37. The number of carbonyl (C=O) groups excluding carboxylic acids is 2. The Bertz CT molecular complexity index is 969. The van der Waals surface area contributed by atoms with Gasteiger partial charge in [0.25, 0.3) is 0 Å². The van der Waals surface area contributed by atoms with E-state index in [1.165, 1.54) is 0 Å². The van der Waals surface area contributed by atoms with E-state index in [-0.39, 0.29) is 23.6 Å². The lowest BCUT2D eigenvalue weighted by atomic mass is 9.97. The molecule has 2 aliphatic rings. The maximum absolute atomic E-state index is 12.6. The number of anilines is 1. The van der Waals surface area contributed by atoms with Gasteiger partial charge in [0.05, 0.1) is 24.3 Å². The molecule has 0 spiro atoms. The van der Waals surface area contributed by atoms with Crippen molar-refractivity contribution in [2.45, 2.75) is 83.6 Å². The summed E-state index contributed by atoms with van der Waals surface area (Å²) < 4.78 is 6.89. The third kappa shape index (κ3) is 5.32. The molecule has 2 atom stereocenters. The average molecular weight is 456 g/mol. The smallest absolute Gasteiger partial charge is 0.338 e.